The summed E-state index contributed by atoms with van der Waals surface area (Å²) < 4.78 is 24.4. The van der Waals surface area contributed by atoms with Crippen LogP contribution in [0.5, 0.6) is 0 Å². The van der Waals surface area contributed by atoms with Gasteiger partial charge in [-0.15, -0.1) is 0 Å². The van der Waals surface area contributed by atoms with Crippen LogP contribution in [-0.2, 0) is 15.6 Å². The maximum atomic E-state index is 12.5. The Labute approximate surface area is 121 Å². The van der Waals surface area contributed by atoms with E-state index in [0.29, 0.717) is 6.42 Å². The summed E-state index contributed by atoms with van der Waals surface area (Å²) in [6.07, 6.45) is 1.58. The van der Waals surface area contributed by atoms with Gasteiger partial charge in [0.15, 0.2) is 9.84 Å². The Hall–Kier alpha value is -1.35. The lowest BCUT2D eigenvalue weighted by Crippen LogP contribution is -2.32. The highest BCUT2D eigenvalue weighted by Crippen LogP contribution is 2.27. The lowest BCUT2D eigenvalue weighted by Gasteiger charge is -2.24. The molecule has 2 aromatic rings. The molecule has 0 aromatic heterocycles. The number of hydrogen-bond acceptors (Lipinski definition) is 2. The number of benzene rings is 2. The molecule has 3 heteroatoms. The fourth-order valence-electron chi connectivity index (χ4n) is 2.50. The summed E-state index contributed by atoms with van der Waals surface area (Å²) in [7, 11) is -3.14. The Bertz CT molecular complexity index is 700. The molecule has 0 N–H and O–H groups in total. The van der Waals surface area contributed by atoms with E-state index in [0.717, 1.165) is 22.8 Å². The van der Waals surface area contributed by atoms with E-state index in [1.807, 2.05) is 63.2 Å². The van der Waals surface area contributed by atoms with Crippen LogP contribution in [0.3, 0.4) is 0 Å². The van der Waals surface area contributed by atoms with E-state index in [1.54, 1.807) is 0 Å². The summed E-state index contributed by atoms with van der Waals surface area (Å²) in [6, 6.07) is 13.9. The van der Waals surface area contributed by atoms with Crippen molar-refractivity contribution in [1.29, 1.82) is 0 Å². The van der Waals surface area contributed by atoms with Crippen LogP contribution in [0, 0.1) is 0 Å². The molecular weight excluding hydrogens is 268 g/mol. The monoisotopic (exact) mass is 290 g/mol. The molecule has 108 valence electrons. The second-order valence-electron chi connectivity index (χ2n) is 5.95. The number of rotatable bonds is 5. The molecule has 0 saturated heterocycles. The van der Waals surface area contributed by atoms with Crippen molar-refractivity contribution in [3.05, 3.63) is 48.0 Å². The van der Waals surface area contributed by atoms with Crippen molar-refractivity contribution in [2.75, 3.05) is 0 Å². The van der Waals surface area contributed by atoms with Gasteiger partial charge in [0.25, 0.3) is 0 Å². The van der Waals surface area contributed by atoms with Crippen LogP contribution in [0.25, 0.3) is 10.8 Å². The molecule has 0 saturated carbocycles. The summed E-state index contributed by atoms with van der Waals surface area (Å²) in [5, 5.41) is 2.23. The van der Waals surface area contributed by atoms with Gasteiger partial charge in [-0.2, -0.15) is 0 Å². The highest BCUT2D eigenvalue weighted by atomic mass is 32.2. The molecule has 2 rings (SSSR count). The lowest BCUT2D eigenvalue weighted by atomic mass is 10.1. The van der Waals surface area contributed by atoms with Crippen LogP contribution in [0.4, 0.5) is 0 Å². The van der Waals surface area contributed by atoms with Crippen molar-refractivity contribution < 1.29 is 8.42 Å². The van der Waals surface area contributed by atoms with Gasteiger partial charge in [-0.3, -0.25) is 0 Å². The zero-order valence-electron chi connectivity index (χ0n) is 12.4. The quantitative estimate of drug-likeness (QED) is 0.821. The average Bonchev–Trinajstić information content (AvgIpc) is 2.38. The van der Waals surface area contributed by atoms with E-state index in [1.165, 1.54) is 0 Å². The summed E-state index contributed by atoms with van der Waals surface area (Å²) >= 11 is 0. The molecule has 2 nitrogen and oxygen atoms in total. The molecule has 0 aliphatic heterocycles. The molecule has 0 radical (unpaired) electrons. The first-order valence-electron chi connectivity index (χ1n) is 7.06. The van der Waals surface area contributed by atoms with Gasteiger partial charge >= 0.3 is 0 Å². The smallest absolute Gasteiger partial charge is 0.159 e. The summed E-state index contributed by atoms with van der Waals surface area (Å²) in [5.41, 5.74) is 0.868. The molecule has 20 heavy (non-hydrogen) atoms. The van der Waals surface area contributed by atoms with E-state index in [-0.39, 0.29) is 5.75 Å². The predicted octanol–water partition coefficient (Wildman–Crippen LogP) is 4.33. The molecule has 0 unspecified atom stereocenters. The lowest BCUT2D eigenvalue weighted by molar-refractivity contribution is 0.522. The minimum atomic E-state index is -3.14. The molecule has 0 heterocycles. The molecule has 0 amide bonds. The third kappa shape index (κ3) is 3.04. The SMILES string of the molecule is CCCC(C)(C)S(=O)(=O)Cc1ccc2ccccc2c1. The summed E-state index contributed by atoms with van der Waals surface area (Å²) in [5.74, 6) is 0.116. The van der Waals surface area contributed by atoms with Gasteiger partial charge in [0, 0.05) is 0 Å². The van der Waals surface area contributed by atoms with Crippen LogP contribution in [0.15, 0.2) is 42.5 Å². The molecular formula is C17H22O2S. The Balaban J connectivity index is 2.32. The second kappa shape index (κ2) is 5.57. The fraction of sp³-hybridized carbons (Fsp3) is 0.412. The van der Waals surface area contributed by atoms with Crippen LogP contribution in [-0.4, -0.2) is 13.2 Å². The zero-order chi connectivity index (χ0) is 14.8. The second-order valence-corrected chi connectivity index (χ2v) is 8.57. The standard InChI is InChI=1S/C17H22O2S/c1-4-11-17(2,3)20(18,19)13-14-9-10-15-7-5-6-8-16(15)12-14/h5-10,12H,4,11,13H2,1-3H3. The van der Waals surface area contributed by atoms with Gasteiger partial charge in [0.2, 0.25) is 0 Å². The Morgan fingerprint density at radius 2 is 1.65 bits per heavy atom. The molecule has 0 atom stereocenters. The van der Waals surface area contributed by atoms with Crippen molar-refractivity contribution in [2.45, 2.75) is 44.1 Å². The average molecular weight is 290 g/mol. The predicted molar refractivity (Wildman–Crippen MR) is 85.6 cm³/mol. The highest BCUT2D eigenvalue weighted by Gasteiger charge is 2.33. The maximum absolute atomic E-state index is 12.5. The van der Waals surface area contributed by atoms with Crippen LogP contribution in [0.2, 0.25) is 0 Å². The molecule has 0 bridgehead atoms. The van der Waals surface area contributed by atoms with Crippen LogP contribution >= 0.6 is 0 Å². The van der Waals surface area contributed by atoms with Gasteiger partial charge in [-0.05, 0) is 36.6 Å². The van der Waals surface area contributed by atoms with Gasteiger partial charge in [-0.25, -0.2) is 8.42 Å². The van der Waals surface area contributed by atoms with E-state index < -0.39 is 14.6 Å². The minimum Gasteiger partial charge on any atom is -0.228 e. The Morgan fingerprint density at radius 3 is 2.30 bits per heavy atom. The van der Waals surface area contributed by atoms with Crippen molar-refractivity contribution >= 4 is 20.6 Å². The van der Waals surface area contributed by atoms with E-state index >= 15 is 0 Å². The van der Waals surface area contributed by atoms with E-state index in [4.69, 9.17) is 0 Å². The number of hydrogen-bond donors (Lipinski definition) is 0. The summed E-state index contributed by atoms with van der Waals surface area (Å²) in [6.45, 7) is 5.67. The number of fused-ring (bicyclic) bond motifs is 1. The topological polar surface area (TPSA) is 34.1 Å². The number of sulfone groups is 1. The first-order valence-corrected chi connectivity index (χ1v) is 8.71. The third-order valence-corrected chi connectivity index (χ3v) is 6.47. The van der Waals surface area contributed by atoms with Crippen molar-refractivity contribution in [3.8, 4) is 0 Å². The highest BCUT2D eigenvalue weighted by molar-refractivity contribution is 7.92. The van der Waals surface area contributed by atoms with Crippen LogP contribution in [0.1, 0.15) is 39.2 Å². The fourth-order valence-corrected chi connectivity index (χ4v) is 4.03. The van der Waals surface area contributed by atoms with Crippen molar-refractivity contribution in [1.82, 2.24) is 0 Å². The molecule has 0 aliphatic carbocycles. The largest absolute Gasteiger partial charge is 0.228 e. The third-order valence-electron chi connectivity index (χ3n) is 3.86. The molecule has 0 aliphatic rings. The van der Waals surface area contributed by atoms with Gasteiger partial charge in [0.1, 0.15) is 0 Å². The molecule has 0 spiro atoms. The van der Waals surface area contributed by atoms with Crippen LogP contribution < -0.4 is 0 Å². The Kier molecular flexibility index (Phi) is 4.19. The molecule has 0 fully saturated rings. The maximum Gasteiger partial charge on any atom is 0.159 e. The normalized spacial score (nSPS) is 12.8. The first kappa shape index (κ1) is 15.0. The first-order chi connectivity index (χ1) is 9.36. The van der Waals surface area contributed by atoms with Crippen molar-refractivity contribution in [2.24, 2.45) is 0 Å². The van der Waals surface area contributed by atoms with Gasteiger partial charge in [0.05, 0.1) is 10.5 Å². The van der Waals surface area contributed by atoms with E-state index in [9.17, 15) is 8.42 Å². The van der Waals surface area contributed by atoms with Crippen molar-refractivity contribution in [3.63, 3.8) is 0 Å². The minimum absolute atomic E-state index is 0.116. The van der Waals surface area contributed by atoms with Gasteiger partial charge < -0.3 is 0 Å². The Morgan fingerprint density at radius 1 is 1.00 bits per heavy atom. The zero-order valence-corrected chi connectivity index (χ0v) is 13.2. The van der Waals surface area contributed by atoms with E-state index in [2.05, 4.69) is 0 Å². The molecule has 2 aromatic carbocycles. The summed E-state index contributed by atoms with van der Waals surface area (Å²) in [4.78, 5) is 0. The van der Waals surface area contributed by atoms with Gasteiger partial charge in [-0.1, -0.05) is 55.8 Å².